The van der Waals surface area contributed by atoms with Crippen LogP contribution in [-0.4, -0.2) is 24.9 Å². The Morgan fingerprint density at radius 2 is 1.73 bits per heavy atom. The van der Waals surface area contributed by atoms with Crippen molar-refractivity contribution in [2.45, 2.75) is 46.0 Å². The van der Waals surface area contributed by atoms with E-state index < -0.39 is 0 Å². The zero-order valence-electron chi connectivity index (χ0n) is 9.77. The molecule has 0 aliphatic heterocycles. The summed E-state index contributed by atoms with van der Waals surface area (Å²) < 4.78 is 0. The summed E-state index contributed by atoms with van der Waals surface area (Å²) in [5.41, 5.74) is 0. The summed E-state index contributed by atoms with van der Waals surface area (Å²) in [6.45, 7) is 5.03. The second-order valence-electron chi connectivity index (χ2n) is 3.64. The van der Waals surface area contributed by atoms with E-state index in [9.17, 15) is 9.59 Å². The maximum atomic E-state index is 11.2. The summed E-state index contributed by atoms with van der Waals surface area (Å²) in [4.78, 5) is 21.7. The molecule has 0 unspecified atom stereocenters. The summed E-state index contributed by atoms with van der Waals surface area (Å²) in [6.07, 6.45) is 4.41. The summed E-state index contributed by atoms with van der Waals surface area (Å²) in [5, 5.41) is 5.56. The Morgan fingerprint density at radius 1 is 1.00 bits per heavy atom. The Bertz CT molecular complexity index is 193. The molecule has 0 radical (unpaired) electrons. The van der Waals surface area contributed by atoms with Crippen molar-refractivity contribution in [1.82, 2.24) is 10.6 Å². The monoisotopic (exact) mass is 214 g/mol. The molecule has 0 aromatic heterocycles. The number of hydrogen-bond acceptors (Lipinski definition) is 2. The molecule has 0 rings (SSSR count). The van der Waals surface area contributed by atoms with Crippen molar-refractivity contribution in [3.63, 3.8) is 0 Å². The van der Waals surface area contributed by atoms with Crippen molar-refractivity contribution in [1.29, 1.82) is 0 Å². The SMILES string of the molecule is CCCNC(=O)CCCCCNC(C)=O. The van der Waals surface area contributed by atoms with Crippen LogP contribution in [-0.2, 0) is 9.59 Å². The molecule has 4 nitrogen and oxygen atoms in total. The van der Waals surface area contributed by atoms with E-state index in [0.717, 1.165) is 32.2 Å². The van der Waals surface area contributed by atoms with Crippen molar-refractivity contribution < 1.29 is 9.59 Å². The largest absolute Gasteiger partial charge is 0.356 e. The molecule has 0 bridgehead atoms. The van der Waals surface area contributed by atoms with Gasteiger partial charge in [-0.25, -0.2) is 0 Å². The van der Waals surface area contributed by atoms with Crippen LogP contribution in [0, 0.1) is 0 Å². The molecule has 0 fully saturated rings. The van der Waals surface area contributed by atoms with E-state index >= 15 is 0 Å². The molecule has 2 N–H and O–H groups in total. The van der Waals surface area contributed by atoms with Crippen LogP contribution in [0.15, 0.2) is 0 Å². The summed E-state index contributed by atoms with van der Waals surface area (Å²) in [7, 11) is 0. The van der Waals surface area contributed by atoms with E-state index in [1.54, 1.807) is 0 Å². The molecule has 4 heteroatoms. The van der Waals surface area contributed by atoms with Crippen LogP contribution >= 0.6 is 0 Å². The average molecular weight is 214 g/mol. The van der Waals surface area contributed by atoms with Gasteiger partial charge in [0.25, 0.3) is 0 Å². The summed E-state index contributed by atoms with van der Waals surface area (Å²) in [5.74, 6) is 0.145. The van der Waals surface area contributed by atoms with Gasteiger partial charge in [0.15, 0.2) is 0 Å². The number of amides is 2. The quantitative estimate of drug-likeness (QED) is 0.597. The number of nitrogens with one attached hydrogen (secondary N) is 2. The van der Waals surface area contributed by atoms with Gasteiger partial charge in [-0.15, -0.1) is 0 Å². The molecule has 15 heavy (non-hydrogen) atoms. The average Bonchev–Trinajstić information content (AvgIpc) is 2.19. The highest BCUT2D eigenvalue weighted by atomic mass is 16.2. The molecular formula is C11H22N2O2. The highest BCUT2D eigenvalue weighted by molar-refractivity contribution is 5.75. The van der Waals surface area contributed by atoms with Crippen LogP contribution in [0.5, 0.6) is 0 Å². The minimum Gasteiger partial charge on any atom is -0.356 e. The fourth-order valence-corrected chi connectivity index (χ4v) is 1.20. The Morgan fingerprint density at radius 3 is 2.33 bits per heavy atom. The number of carbonyl (C=O) groups is 2. The first-order chi connectivity index (χ1) is 7.16. The molecule has 88 valence electrons. The zero-order valence-corrected chi connectivity index (χ0v) is 9.77. The molecule has 0 saturated heterocycles. The van der Waals surface area contributed by atoms with Gasteiger partial charge in [0.05, 0.1) is 0 Å². The van der Waals surface area contributed by atoms with Gasteiger partial charge in [0.1, 0.15) is 0 Å². The van der Waals surface area contributed by atoms with Crippen LogP contribution in [0.25, 0.3) is 0 Å². The van der Waals surface area contributed by atoms with Crippen molar-refractivity contribution in [3.05, 3.63) is 0 Å². The summed E-state index contributed by atoms with van der Waals surface area (Å²) in [6, 6.07) is 0. The van der Waals surface area contributed by atoms with E-state index in [-0.39, 0.29) is 11.8 Å². The third-order valence-corrected chi connectivity index (χ3v) is 2.03. The van der Waals surface area contributed by atoms with Crippen LogP contribution in [0.4, 0.5) is 0 Å². The smallest absolute Gasteiger partial charge is 0.219 e. The minimum absolute atomic E-state index is 0.00990. The lowest BCUT2D eigenvalue weighted by atomic mass is 10.2. The van der Waals surface area contributed by atoms with Crippen LogP contribution < -0.4 is 10.6 Å². The lowest BCUT2D eigenvalue weighted by Gasteiger charge is -2.03. The zero-order chi connectivity index (χ0) is 11.5. The third kappa shape index (κ3) is 10.9. The van der Waals surface area contributed by atoms with Crippen LogP contribution in [0.2, 0.25) is 0 Å². The number of unbranched alkanes of at least 4 members (excludes halogenated alkanes) is 2. The van der Waals surface area contributed by atoms with Crippen molar-refractivity contribution in [2.75, 3.05) is 13.1 Å². The highest BCUT2D eigenvalue weighted by Crippen LogP contribution is 1.98. The standard InChI is InChI=1S/C11H22N2O2/c1-3-8-13-11(15)7-5-4-6-9-12-10(2)14/h3-9H2,1-2H3,(H,12,14)(H,13,15). The van der Waals surface area contributed by atoms with E-state index in [1.807, 2.05) is 6.92 Å². The first-order valence-electron chi connectivity index (χ1n) is 5.68. The Hall–Kier alpha value is -1.06. The van der Waals surface area contributed by atoms with E-state index in [2.05, 4.69) is 10.6 Å². The molecule has 0 heterocycles. The lowest BCUT2D eigenvalue weighted by Crippen LogP contribution is -2.23. The number of hydrogen-bond donors (Lipinski definition) is 2. The van der Waals surface area contributed by atoms with Gasteiger partial charge in [0, 0.05) is 26.4 Å². The van der Waals surface area contributed by atoms with Gasteiger partial charge < -0.3 is 10.6 Å². The number of rotatable bonds is 8. The van der Waals surface area contributed by atoms with Crippen LogP contribution in [0.1, 0.15) is 46.0 Å². The summed E-state index contributed by atoms with van der Waals surface area (Å²) >= 11 is 0. The Balaban J connectivity index is 3.16. The molecular weight excluding hydrogens is 192 g/mol. The molecule has 0 aromatic carbocycles. The topological polar surface area (TPSA) is 58.2 Å². The van der Waals surface area contributed by atoms with Gasteiger partial charge >= 0.3 is 0 Å². The Labute approximate surface area is 91.8 Å². The first-order valence-corrected chi connectivity index (χ1v) is 5.68. The van der Waals surface area contributed by atoms with Gasteiger partial charge in [-0.1, -0.05) is 13.3 Å². The molecule has 2 amide bonds. The third-order valence-electron chi connectivity index (χ3n) is 2.03. The van der Waals surface area contributed by atoms with Gasteiger partial charge in [-0.2, -0.15) is 0 Å². The molecule has 0 atom stereocenters. The predicted octanol–water partition coefficient (Wildman–Crippen LogP) is 1.21. The van der Waals surface area contributed by atoms with Crippen molar-refractivity contribution >= 4 is 11.8 Å². The maximum absolute atomic E-state index is 11.2. The fraction of sp³-hybridized carbons (Fsp3) is 0.818. The van der Waals surface area contributed by atoms with E-state index in [1.165, 1.54) is 6.92 Å². The minimum atomic E-state index is 0.00990. The van der Waals surface area contributed by atoms with E-state index in [0.29, 0.717) is 13.0 Å². The van der Waals surface area contributed by atoms with Gasteiger partial charge in [-0.3, -0.25) is 9.59 Å². The maximum Gasteiger partial charge on any atom is 0.219 e. The predicted molar refractivity (Wildman–Crippen MR) is 60.5 cm³/mol. The number of carbonyl (C=O) groups excluding carboxylic acids is 2. The normalized spacial score (nSPS) is 9.73. The van der Waals surface area contributed by atoms with E-state index in [4.69, 9.17) is 0 Å². The van der Waals surface area contributed by atoms with Crippen LogP contribution in [0.3, 0.4) is 0 Å². The van der Waals surface area contributed by atoms with Crippen molar-refractivity contribution in [3.8, 4) is 0 Å². The molecule has 0 saturated carbocycles. The Kier molecular flexibility index (Phi) is 8.82. The fourth-order valence-electron chi connectivity index (χ4n) is 1.20. The molecule has 0 spiro atoms. The van der Waals surface area contributed by atoms with Crippen molar-refractivity contribution in [2.24, 2.45) is 0 Å². The first kappa shape index (κ1) is 13.9. The van der Waals surface area contributed by atoms with Gasteiger partial charge in [-0.05, 0) is 19.3 Å². The molecule has 0 aliphatic rings. The second kappa shape index (κ2) is 9.49. The lowest BCUT2D eigenvalue weighted by molar-refractivity contribution is -0.121. The van der Waals surface area contributed by atoms with Gasteiger partial charge in [0.2, 0.25) is 11.8 Å². The molecule has 0 aliphatic carbocycles. The molecule has 0 aromatic rings. The highest BCUT2D eigenvalue weighted by Gasteiger charge is 1.99. The second-order valence-corrected chi connectivity index (χ2v) is 3.64.